The van der Waals surface area contributed by atoms with Crippen LogP contribution >= 0.6 is 0 Å². The summed E-state index contributed by atoms with van der Waals surface area (Å²) >= 11 is 0. The molecular weight excluding hydrogens is 293 g/mol. The number of rotatable bonds is 3. The molecule has 0 aromatic heterocycles. The summed E-state index contributed by atoms with van der Waals surface area (Å²) < 4.78 is 38.3. The van der Waals surface area contributed by atoms with Crippen LogP contribution in [0.15, 0.2) is 24.3 Å². The Morgan fingerprint density at radius 1 is 1.27 bits per heavy atom. The van der Waals surface area contributed by atoms with Crippen LogP contribution in [0.1, 0.15) is 44.2 Å². The summed E-state index contributed by atoms with van der Waals surface area (Å²) in [5, 5.41) is 2.70. The molecular formula is C16H21F3N2O. The van der Waals surface area contributed by atoms with Gasteiger partial charge in [-0.2, -0.15) is 13.2 Å². The fourth-order valence-electron chi connectivity index (χ4n) is 2.84. The summed E-state index contributed by atoms with van der Waals surface area (Å²) in [6.07, 6.45) is -3.26. The molecule has 0 radical (unpaired) electrons. The van der Waals surface area contributed by atoms with Gasteiger partial charge in [-0.25, -0.2) is 0 Å². The molecule has 0 spiro atoms. The van der Waals surface area contributed by atoms with Crippen LogP contribution in [0.4, 0.5) is 18.9 Å². The van der Waals surface area contributed by atoms with Crippen molar-refractivity contribution >= 4 is 11.6 Å². The van der Waals surface area contributed by atoms with E-state index in [4.69, 9.17) is 5.73 Å². The zero-order valence-electron chi connectivity index (χ0n) is 12.5. The lowest BCUT2D eigenvalue weighted by atomic mass is 9.80. The first-order valence-corrected chi connectivity index (χ1v) is 7.50. The first-order chi connectivity index (χ1) is 10.3. The van der Waals surface area contributed by atoms with Crippen LogP contribution in [0.25, 0.3) is 0 Å². The van der Waals surface area contributed by atoms with Crippen molar-refractivity contribution in [2.45, 2.75) is 44.8 Å². The van der Waals surface area contributed by atoms with Crippen molar-refractivity contribution < 1.29 is 18.0 Å². The summed E-state index contributed by atoms with van der Waals surface area (Å²) in [6.45, 7) is 1.85. The number of alkyl halides is 3. The van der Waals surface area contributed by atoms with Crippen LogP contribution < -0.4 is 11.1 Å². The van der Waals surface area contributed by atoms with E-state index in [2.05, 4.69) is 5.32 Å². The van der Waals surface area contributed by atoms with E-state index < -0.39 is 18.0 Å². The van der Waals surface area contributed by atoms with Gasteiger partial charge in [0.2, 0.25) is 5.91 Å². The van der Waals surface area contributed by atoms with Gasteiger partial charge >= 0.3 is 6.18 Å². The van der Waals surface area contributed by atoms with Crippen LogP contribution in [0, 0.1) is 11.8 Å². The molecule has 1 amide bonds. The normalized spacial score (nSPS) is 23.9. The van der Waals surface area contributed by atoms with Crippen molar-refractivity contribution in [3.05, 3.63) is 29.8 Å². The second-order valence-electron chi connectivity index (χ2n) is 6.00. The van der Waals surface area contributed by atoms with Gasteiger partial charge in [-0.1, -0.05) is 18.6 Å². The lowest BCUT2D eigenvalue weighted by Crippen LogP contribution is -2.34. The van der Waals surface area contributed by atoms with E-state index in [1.54, 1.807) is 24.3 Å². The molecule has 0 saturated heterocycles. The number of halogens is 3. The average Bonchev–Trinajstić information content (AvgIpc) is 2.47. The maximum atomic E-state index is 12.8. The molecule has 1 saturated carbocycles. The first kappa shape index (κ1) is 16.8. The lowest BCUT2D eigenvalue weighted by molar-refractivity contribution is -0.185. The fraction of sp³-hybridized carbons (Fsp3) is 0.562. The molecule has 1 aromatic carbocycles. The van der Waals surface area contributed by atoms with E-state index in [0.29, 0.717) is 18.5 Å². The second-order valence-corrected chi connectivity index (χ2v) is 6.00. The summed E-state index contributed by atoms with van der Waals surface area (Å²) in [6, 6.07) is 6.95. The lowest BCUT2D eigenvalue weighted by Gasteiger charge is -2.29. The number of carbonyl (C=O) groups excluding carboxylic acids is 1. The Morgan fingerprint density at radius 3 is 2.45 bits per heavy atom. The number of nitrogens with two attached hydrogens (primary N) is 1. The van der Waals surface area contributed by atoms with Gasteiger partial charge in [-0.3, -0.25) is 4.79 Å². The van der Waals surface area contributed by atoms with Gasteiger partial charge in [0.15, 0.2) is 0 Å². The Balaban J connectivity index is 1.96. The molecule has 22 heavy (non-hydrogen) atoms. The zero-order chi connectivity index (χ0) is 16.3. The number of anilines is 1. The van der Waals surface area contributed by atoms with Gasteiger partial charge in [-0.05, 0) is 43.9 Å². The molecule has 3 N–H and O–H groups in total. The van der Waals surface area contributed by atoms with Crippen molar-refractivity contribution in [3.63, 3.8) is 0 Å². The van der Waals surface area contributed by atoms with Crippen molar-refractivity contribution in [3.8, 4) is 0 Å². The summed E-state index contributed by atoms with van der Waals surface area (Å²) in [5.41, 5.74) is 7.27. The molecule has 1 aliphatic rings. The van der Waals surface area contributed by atoms with Crippen molar-refractivity contribution in [1.82, 2.24) is 0 Å². The third-order valence-electron chi connectivity index (χ3n) is 4.21. The number of benzene rings is 1. The van der Waals surface area contributed by atoms with Gasteiger partial charge in [0.1, 0.15) is 0 Å². The number of amides is 1. The first-order valence-electron chi connectivity index (χ1n) is 7.50. The third-order valence-corrected chi connectivity index (χ3v) is 4.21. The molecule has 3 nitrogen and oxygen atoms in total. The maximum Gasteiger partial charge on any atom is 0.391 e. The highest BCUT2D eigenvalue weighted by Crippen LogP contribution is 2.40. The topological polar surface area (TPSA) is 55.1 Å². The molecule has 6 heteroatoms. The van der Waals surface area contributed by atoms with Crippen LogP contribution in [0.3, 0.4) is 0 Å². The Bertz CT molecular complexity index is 511. The van der Waals surface area contributed by atoms with E-state index in [0.717, 1.165) is 5.56 Å². The summed E-state index contributed by atoms with van der Waals surface area (Å²) in [7, 11) is 0. The number of hydrogen-bond acceptors (Lipinski definition) is 2. The van der Waals surface area contributed by atoms with E-state index in [1.165, 1.54) is 0 Å². The molecule has 2 rings (SSSR count). The molecule has 3 atom stereocenters. The van der Waals surface area contributed by atoms with Gasteiger partial charge in [0, 0.05) is 17.6 Å². The quantitative estimate of drug-likeness (QED) is 0.885. The highest BCUT2D eigenvalue weighted by Gasteiger charge is 2.43. The van der Waals surface area contributed by atoms with E-state index in [9.17, 15) is 18.0 Å². The summed E-state index contributed by atoms with van der Waals surface area (Å²) in [5.74, 6) is -2.27. The number of carbonyl (C=O) groups is 1. The molecule has 0 bridgehead atoms. The predicted molar refractivity (Wildman–Crippen MR) is 79.2 cm³/mol. The highest BCUT2D eigenvalue weighted by molar-refractivity contribution is 5.92. The standard InChI is InChI=1S/C16H21F3N2O/c1-10(20)11-5-7-14(8-6-11)21-15(22)12-3-2-4-13(9-12)16(17,18)19/h5-8,10,12-13H,2-4,9,20H2,1H3,(H,21,22). The minimum Gasteiger partial charge on any atom is -0.326 e. The van der Waals surface area contributed by atoms with Crippen LogP contribution in [-0.4, -0.2) is 12.1 Å². The molecule has 1 fully saturated rings. The maximum absolute atomic E-state index is 12.8. The fourth-order valence-corrected chi connectivity index (χ4v) is 2.84. The van der Waals surface area contributed by atoms with Crippen molar-refractivity contribution in [1.29, 1.82) is 0 Å². The molecule has 0 aliphatic heterocycles. The summed E-state index contributed by atoms with van der Waals surface area (Å²) in [4.78, 5) is 12.2. The Kier molecular flexibility index (Phi) is 5.11. The smallest absolute Gasteiger partial charge is 0.326 e. The van der Waals surface area contributed by atoms with Gasteiger partial charge in [0.05, 0.1) is 5.92 Å². The van der Waals surface area contributed by atoms with E-state index in [-0.39, 0.29) is 24.8 Å². The van der Waals surface area contributed by atoms with E-state index in [1.807, 2.05) is 6.92 Å². The van der Waals surface area contributed by atoms with Gasteiger partial charge in [-0.15, -0.1) is 0 Å². The minimum atomic E-state index is -4.21. The Hall–Kier alpha value is -1.56. The average molecular weight is 314 g/mol. The van der Waals surface area contributed by atoms with Crippen LogP contribution in [-0.2, 0) is 4.79 Å². The van der Waals surface area contributed by atoms with Gasteiger partial charge < -0.3 is 11.1 Å². The Morgan fingerprint density at radius 2 is 1.91 bits per heavy atom. The van der Waals surface area contributed by atoms with Gasteiger partial charge in [0.25, 0.3) is 0 Å². The molecule has 122 valence electrons. The molecule has 0 heterocycles. The van der Waals surface area contributed by atoms with Crippen molar-refractivity contribution in [2.75, 3.05) is 5.32 Å². The SMILES string of the molecule is CC(N)c1ccc(NC(=O)C2CCCC(C(F)(F)F)C2)cc1. The number of hydrogen-bond donors (Lipinski definition) is 2. The van der Waals surface area contributed by atoms with Crippen LogP contribution in [0.2, 0.25) is 0 Å². The molecule has 3 unspecified atom stereocenters. The highest BCUT2D eigenvalue weighted by atomic mass is 19.4. The number of nitrogens with one attached hydrogen (secondary N) is 1. The monoisotopic (exact) mass is 314 g/mol. The Labute approximate surface area is 128 Å². The molecule has 1 aromatic rings. The zero-order valence-corrected chi connectivity index (χ0v) is 12.5. The third kappa shape index (κ3) is 4.22. The molecule has 1 aliphatic carbocycles. The predicted octanol–water partition coefficient (Wildman–Crippen LogP) is 4.01. The minimum absolute atomic E-state index is 0.101. The largest absolute Gasteiger partial charge is 0.391 e. The van der Waals surface area contributed by atoms with Crippen molar-refractivity contribution in [2.24, 2.45) is 17.6 Å². The second kappa shape index (κ2) is 6.69. The van der Waals surface area contributed by atoms with E-state index >= 15 is 0 Å². The van der Waals surface area contributed by atoms with Crippen LogP contribution in [0.5, 0.6) is 0 Å².